The van der Waals surface area contributed by atoms with Gasteiger partial charge in [0.2, 0.25) is 5.91 Å². The van der Waals surface area contributed by atoms with E-state index >= 15 is 0 Å². The summed E-state index contributed by atoms with van der Waals surface area (Å²) in [7, 11) is 0. The molecule has 4 nitrogen and oxygen atoms in total. The Kier molecular flexibility index (Phi) is 4.99. The molecule has 0 bridgehead atoms. The molecule has 0 aromatic heterocycles. The molecule has 0 heterocycles. The van der Waals surface area contributed by atoms with Gasteiger partial charge in [-0.25, -0.2) is 0 Å². The van der Waals surface area contributed by atoms with E-state index in [1.54, 1.807) is 0 Å². The number of carboxylic acid groups (broad SMARTS) is 1. The lowest BCUT2D eigenvalue weighted by Crippen LogP contribution is -2.35. The predicted octanol–water partition coefficient (Wildman–Crippen LogP) is 2.84. The van der Waals surface area contributed by atoms with Crippen LogP contribution in [0.25, 0.3) is 0 Å². The van der Waals surface area contributed by atoms with Crippen molar-refractivity contribution in [1.29, 1.82) is 0 Å². The lowest BCUT2D eigenvalue weighted by atomic mass is 10.0. The van der Waals surface area contributed by atoms with Crippen LogP contribution >= 0.6 is 0 Å². The Morgan fingerprint density at radius 2 is 1.90 bits per heavy atom. The maximum absolute atomic E-state index is 12.6. The van der Waals surface area contributed by atoms with E-state index in [0.29, 0.717) is 32.4 Å². The third-order valence-corrected chi connectivity index (χ3v) is 4.45. The first-order valence-electron chi connectivity index (χ1n) is 7.59. The molecule has 114 valence electrons. The van der Waals surface area contributed by atoms with Crippen LogP contribution in [0.5, 0.6) is 0 Å². The van der Waals surface area contributed by atoms with Crippen LogP contribution < -0.4 is 0 Å². The van der Waals surface area contributed by atoms with E-state index in [9.17, 15) is 9.59 Å². The fraction of sp³-hybridized carbons (Fsp3) is 0.529. The highest BCUT2D eigenvalue weighted by Gasteiger charge is 2.35. The molecule has 21 heavy (non-hydrogen) atoms. The van der Waals surface area contributed by atoms with Crippen LogP contribution in [-0.4, -0.2) is 28.4 Å². The smallest absolute Gasteiger partial charge is 0.306 e. The van der Waals surface area contributed by atoms with Gasteiger partial charge in [0.15, 0.2) is 0 Å². The quantitative estimate of drug-likeness (QED) is 0.906. The van der Waals surface area contributed by atoms with E-state index in [4.69, 9.17) is 5.11 Å². The molecule has 1 aromatic rings. The molecule has 1 aromatic carbocycles. The molecule has 2 atom stereocenters. The maximum atomic E-state index is 12.6. The van der Waals surface area contributed by atoms with Crippen LogP contribution in [0.2, 0.25) is 0 Å². The minimum absolute atomic E-state index is 0.101. The molecule has 1 N–H and O–H groups in total. The van der Waals surface area contributed by atoms with Gasteiger partial charge in [-0.1, -0.05) is 24.3 Å². The van der Waals surface area contributed by atoms with Gasteiger partial charge < -0.3 is 10.0 Å². The first-order valence-corrected chi connectivity index (χ1v) is 7.59. The number of hydrogen-bond acceptors (Lipinski definition) is 2. The summed E-state index contributed by atoms with van der Waals surface area (Å²) in [6.45, 7) is 5.28. The van der Waals surface area contributed by atoms with Crippen molar-refractivity contribution in [2.45, 2.75) is 39.7 Å². The molecule has 2 rings (SSSR count). The van der Waals surface area contributed by atoms with Crippen LogP contribution in [0.4, 0.5) is 0 Å². The number of carbonyl (C=O) groups is 2. The zero-order chi connectivity index (χ0) is 15.4. The topological polar surface area (TPSA) is 57.6 Å². The van der Waals surface area contributed by atoms with Crippen molar-refractivity contribution in [2.24, 2.45) is 11.8 Å². The van der Waals surface area contributed by atoms with Crippen molar-refractivity contribution in [2.75, 3.05) is 6.54 Å². The molecular formula is C17H23NO3. The van der Waals surface area contributed by atoms with Gasteiger partial charge in [0.25, 0.3) is 0 Å². The minimum atomic E-state index is -0.771. The molecule has 2 unspecified atom stereocenters. The lowest BCUT2D eigenvalue weighted by Gasteiger charge is -2.25. The largest absolute Gasteiger partial charge is 0.481 e. The molecule has 0 aliphatic heterocycles. The molecular weight excluding hydrogens is 266 g/mol. The van der Waals surface area contributed by atoms with Gasteiger partial charge in [-0.15, -0.1) is 0 Å². The van der Waals surface area contributed by atoms with Crippen molar-refractivity contribution in [3.05, 3.63) is 35.4 Å². The number of aliphatic carboxylic acids is 1. The highest BCUT2D eigenvalue weighted by atomic mass is 16.4. The van der Waals surface area contributed by atoms with Crippen LogP contribution in [0.1, 0.15) is 37.3 Å². The Morgan fingerprint density at radius 3 is 2.48 bits per heavy atom. The molecule has 0 spiro atoms. The van der Waals surface area contributed by atoms with Crippen LogP contribution in [0.3, 0.4) is 0 Å². The van der Waals surface area contributed by atoms with Crippen molar-refractivity contribution in [1.82, 2.24) is 4.90 Å². The normalized spacial score (nSPS) is 21.2. The number of rotatable bonds is 5. The Morgan fingerprint density at radius 1 is 1.24 bits per heavy atom. The van der Waals surface area contributed by atoms with Crippen LogP contribution in [0, 0.1) is 18.8 Å². The van der Waals surface area contributed by atoms with Crippen LogP contribution in [-0.2, 0) is 16.1 Å². The predicted molar refractivity (Wildman–Crippen MR) is 80.7 cm³/mol. The molecule has 0 radical (unpaired) electrons. The van der Waals surface area contributed by atoms with Crippen molar-refractivity contribution < 1.29 is 14.7 Å². The van der Waals surface area contributed by atoms with Gasteiger partial charge in [-0.3, -0.25) is 9.59 Å². The number of nitrogens with zero attached hydrogens (tertiary/aromatic N) is 1. The zero-order valence-corrected chi connectivity index (χ0v) is 12.7. The number of benzene rings is 1. The third kappa shape index (κ3) is 3.63. The summed E-state index contributed by atoms with van der Waals surface area (Å²) in [5, 5.41) is 9.06. The van der Waals surface area contributed by atoms with Gasteiger partial charge in [-0.05, 0) is 44.2 Å². The summed E-state index contributed by atoms with van der Waals surface area (Å²) in [6.07, 6.45) is 1.80. The highest BCUT2D eigenvalue weighted by Crippen LogP contribution is 2.32. The minimum Gasteiger partial charge on any atom is -0.481 e. The SMILES string of the molecule is CCN(Cc1ccccc1C)C(=O)C1CCC(C(=O)O)C1. The molecule has 1 saturated carbocycles. The molecule has 1 amide bonds. The van der Waals surface area contributed by atoms with Gasteiger partial charge in [0.1, 0.15) is 0 Å². The third-order valence-electron chi connectivity index (χ3n) is 4.45. The summed E-state index contributed by atoms with van der Waals surface area (Å²) in [5.41, 5.74) is 2.33. The van der Waals surface area contributed by atoms with Gasteiger partial charge in [-0.2, -0.15) is 0 Å². The lowest BCUT2D eigenvalue weighted by molar-refractivity contribution is -0.141. The summed E-state index contributed by atoms with van der Waals surface area (Å²) >= 11 is 0. The van der Waals surface area contributed by atoms with Crippen LogP contribution in [0.15, 0.2) is 24.3 Å². The Balaban J connectivity index is 2.03. The fourth-order valence-electron chi connectivity index (χ4n) is 3.03. The summed E-state index contributed by atoms with van der Waals surface area (Å²) in [5.74, 6) is -1.15. The Bertz CT molecular complexity index is 527. The molecule has 1 fully saturated rings. The molecule has 1 aliphatic rings. The van der Waals surface area contributed by atoms with E-state index in [-0.39, 0.29) is 17.7 Å². The van der Waals surface area contributed by atoms with Crippen molar-refractivity contribution in [3.8, 4) is 0 Å². The standard InChI is InChI=1S/C17H23NO3/c1-3-18(11-15-7-5-4-6-12(15)2)16(19)13-8-9-14(10-13)17(20)21/h4-7,13-14H,3,8-11H2,1-2H3,(H,20,21). The number of carboxylic acids is 1. The second kappa shape index (κ2) is 6.74. The van der Waals surface area contributed by atoms with E-state index in [1.807, 2.05) is 43.0 Å². The summed E-state index contributed by atoms with van der Waals surface area (Å²) in [4.78, 5) is 25.5. The van der Waals surface area contributed by atoms with E-state index in [0.717, 1.165) is 5.56 Å². The van der Waals surface area contributed by atoms with E-state index < -0.39 is 5.97 Å². The summed E-state index contributed by atoms with van der Waals surface area (Å²) in [6, 6.07) is 8.06. The monoisotopic (exact) mass is 289 g/mol. The van der Waals surface area contributed by atoms with Crippen molar-refractivity contribution >= 4 is 11.9 Å². The Labute approximate surface area is 125 Å². The fourth-order valence-corrected chi connectivity index (χ4v) is 3.03. The van der Waals surface area contributed by atoms with E-state index in [1.165, 1.54) is 5.56 Å². The zero-order valence-electron chi connectivity index (χ0n) is 12.7. The first kappa shape index (κ1) is 15.5. The second-order valence-corrected chi connectivity index (χ2v) is 5.82. The number of hydrogen-bond donors (Lipinski definition) is 1. The summed E-state index contributed by atoms with van der Waals surface area (Å²) < 4.78 is 0. The maximum Gasteiger partial charge on any atom is 0.306 e. The highest BCUT2D eigenvalue weighted by molar-refractivity contribution is 5.81. The number of aryl methyl sites for hydroxylation is 1. The van der Waals surface area contributed by atoms with E-state index in [2.05, 4.69) is 0 Å². The number of carbonyl (C=O) groups excluding carboxylic acids is 1. The molecule has 1 aliphatic carbocycles. The Hall–Kier alpha value is -1.84. The average Bonchev–Trinajstić information content (AvgIpc) is 2.96. The molecule has 4 heteroatoms. The van der Waals surface area contributed by atoms with Gasteiger partial charge in [0.05, 0.1) is 5.92 Å². The molecule has 0 saturated heterocycles. The first-order chi connectivity index (χ1) is 10.0. The number of amides is 1. The van der Waals surface area contributed by atoms with Gasteiger partial charge >= 0.3 is 5.97 Å². The van der Waals surface area contributed by atoms with Gasteiger partial charge in [0, 0.05) is 19.0 Å². The van der Waals surface area contributed by atoms with Crippen molar-refractivity contribution in [3.63, 3.8) is 0 Å². The average molecular weight is 289 g/mol. The second-order valence-electron chi connectivity index (χ2n) is 5.82.